The SMILES string of the molecule is COC(=S)SCc1cc(=O)c(O)co1. The first-order chi connectivity index (χ1) is 6.63. The fourth-order valence-corrected chi connectivity index (χ4v) is 1.41. The molecule has 4 nitrogen and oxygen atoms in total. The van der Waals surface area contributed by atoms with E-state index in [1.807, 2.05) is 0 Å². The maximum absolute atomic E-state index is 11.0. The van der Waals surface area contributed by atoms with E-state index in [1.54, 1.807) is 0 Å². The van der Waals surface area contributed by atoms with Crippen LogP contribution in [0.2, 0.25) is 0 Å². The lowest BCUT2D eigenvalue weighted by Gasteiger charge is -2.00. The highest BCUT2D eigenvalue weighted by molar-refractivity contribution is 8.22. The summed E-state index contributed by atoms with van der Waals surface area (Å²) in [6.07, 6.45) is 1.01. The summed E-state index contributed by atoms with van der Waals surface area (Å²) in [6.45, 7) is 0. The molecule has 1 heterocycles. The van der Waals surface area contributed by atoms with E-state index < -0.39 is 11.2 Å². The highest BCUT2D eigenvalue weighted by Crippen LogP contribution is 2.14. The van der Waals surface area contributed by atoms with Gasteiger partial charge < -0.3 is 14.3 Å². The van der Waals surface area contributed by atoms with Crippen molar-refractivity contribution in [1.82, 2.24) is 0 Å². The van der Waals surface area contributed by atoms with Gasteiger partial charge in [-0.2, -0.15) is 0 Å². The fraction of sp³-hybridized carbons (Fsp3) is 0.250. The Morgan fingerprint density at radius 1 is 1.79 bits per heavy atom. The molecule has 1 aromatic rings. The summed E-state index contributed by atoms with van der Waals surface area (Å²) in [7, 11) is 1.47. The van der Waals surface area contributed by atoms with Gasteiger partial charge in [-0.25, -0.2) is 0 Å². The van der Waals surface area contributed by atoms with Crippen LogP contribution in [0.1, 0.15) is 5.76 Å². The molecular weight excluding hydrogens is 224 g/mol. The van der Waals surface area contributed by atoms with Crippen molar-refractivity contribution >= 4 is 28.4 Å². The van der Waals surface area contributed by atoms with Crippen molar-refractivity contribution in [2.75, 3.05) is 7.11 Å². The van der Waals surface area contributed by atoms with E-state index in [0.29, 0.717) is 15.9 Å². The summed E-state index contributed by atoms with van der Waals surface area (Å²) in [4.78, 5) is 11.0. The van der Waals surface area contributed by atoms with Crippen molar-refractivity contribution in [1.29, 1.82) is 0 Å². The molecule has 0 saturated carbocycles. The molecule has 1 N–H and O–H groups in total. The van der Waals surface area contributed by atoms with Gasteiger partial charge in [0, 0.05) is 6.07 Å². The van der Waals surface area contributed by atoms with Crippen LogP contribution in [0.5, 0.6) is 5.75 Å². The molecule has 0 unspecified atom stereocenters. The number of thioether (sulfide) groups is 1. The third-order valence-electron chi connectivity index (χ3n) is 1.37. The zero-order chi connectivity index (χ0) is 10.6. The normalized spacial score (nSPS) is 9.79. The van der Waals surface area contributed by atoms with Crippen LogP contribution in [-0.4, -0.2) is 16.6 Å². The van der Waals surface area contributed by atoms with Crippen LogP contribution < -0.4 is 5.43 Å². The first kappa shape index (κ1) is 11.1. The molecule has 0 fully saturated rings. The van der Waals surface area contributed by atoms with Crippen LogP contribution in [0.15, 0.2) is 21.5 Å². The third kappa shape index (κ3) is 3.04. The third-order valence-corrected chi connectivity index (χ3v) is 2.72. The zero-order valence-electron chi connectivity index (χ0n) is 7.35. The highest BCUT2D eigenvalue weighted by atomic mass is 32.2. The Balaban J connectivity index is 2.65. The van der Waals surface area contributed by atoms with Crippen molar-refractivity contribution in [3.8, 4) is 5.75 Å². The van der Waals surface area contributed by atoms with E-state index in [-0.39, 0.29) is 0 Å². The minimum Gasteiger partial charge on any atom is -0.502 e. The van der Waals surface area contributed by atoms with Gasteiger partial charge in [0.25, 0.3) is 0 Å². The first-order valence-corrected chi connectivity index (χ1v) is 5.04. The number of aromatic hydroxyl groups is 1. The molecule has 1 aromatic heterocycles. The van der Waals surface area contributed by atoms with Gasteiger partial charge in [-0.1, -0.05) is 11.8 Å². The van der Waals surface area contributed by atoms with E-state index in [9.17, 15) is 4.79 Å². The standard InChI is InChI=1S/C8H8O4S2/c1-11-8(13)14-4-5-2-6(9)7(10)3-12-5/h2-3,10H,4H2,1H3. The van der Waals surface area contributed by atoms with Gasteiger partial charge in [-0.05, 0) is 12.2 Å². The van der Waals surface area contributed by atoms with Crippen molar-refractivity contribution in [2.24, 2.45) is 0 Å². The van der Waals surface area contributed by atoms with Gasteiger partial charge in [-0.3, -0.25) is 4.79 Å². The monoisotopic (exact) mass is 232 g/mol. The summed E-state index contributed by atoms with van der Waals surface area (Å²) >= 11 is 6.02. The predicted molar refractivity (Wildman–Crippen MR) is 57.5 cm³/mol. The number of hydrogen-bond donors (Lipinski definition) is 1. The highest BCUT2D eigenvalue weighted by Gasteiger charge is 2.03. The van der Waals surface area contributed by atoms with Crippen molar-refractivity contribution in [3.05, 3.63) is 28.3 Å². The molecule has 0 aromatic carbocycles. The largest absolute Gasteiger partial charge is 0.502 e. The lowest BCUT2D eigenvalue weighted by atomic mass is 10.4. The smallest absolute Gasteiger partial charge is 0.226 e. The molecule has 0 bridgehead atoms. The number of rotatable bonds is 2. The van der Waals surface area contributed by atoms with Crippen LogP contribution in [0.25, 0.3) is 0 Å². The molecule has 76 valence electrons. The summed E-state index contributed by atoms with van der Waals surface area (Å²) in [5.41, 5.74) is -0.463. The van der Waals surface area contributed by atoms with Gasteiger partial charge in [0.15, 0.2) is 5.75 Å². The lowest BCUT2D eigenvalue weighted by molar-refractivity contribution is 0.418. The minimum atomic E-state index is -0.463. The average Bonchev–Trinajstić information content (AvgIpc) is 2.19. The predicted octanol–water partition coefficient (Wildman–Crippen LogP) is 1.51. The number of thiocarbonyl (C=S) groups is 1. The van der Waals surface area contributed by atoms with Crippen LogP contribution in [-0.2, 0) is 10.5 Å². The Labute approximate surface area is 89.9 Å². The zero-order valence-corrected chi connectivity index (χ0v) is 8.98. The quantitative estimate of drug-likeness (QED) is 0.780. The first-order valence-electron chi connectivity index (χ1n) is 3.65. The molecule has 0 amide bonds. The molecule has 0 aliphatic rings. The second-order valence-corrected chi connectivity index (χ2v) is 3.92. The number of ether oxygens (including phenoxy) is 1. The molecule has 0 aliphatic heterocycles. The number of methoxy groups -OCH3 is 1. The van der Waals surface area contributed by atoms with E-state index in [4.69, 9.17) is 26.5 Å². The molecule has 14 heavy (non-hydrogen) atoms. The van der Waals surface area contributed by atoms with Crippen molar-refractivity contribution in [3.63, 3.8) is 0 Å². The van der Waals surface area contributed by atoms with E-state index in [2.05, 4.69) is 0 Å². The molecular formula is C8H8O4S2. The van der Waals surface area contributed by atoms with Gasteiger partial charge in [-0.15, -0.1) is 0 Å². The summed E-state index contributed by atoms with van der Waals surface area (Å²) in [5.74, 6) is 0.451. The van der Waals surface area contributed by atoms with Gasteiger partial charge in [0.2, 0.25) is 9.81 Å². The fourth-order valence-electron chi connectivity index (χ4n) is 0.708. The van der Waals surface area contributed by atoms with Crippen LogP contribution in [0, 0.1) is 0 Å². The van der Waals surface area contributed by atoms with Crippen LogP contribution in [0.4, 0.5) is 0 Å². The molecule has 0 atom stereocenters. The van der Waals surface area contributed by atoms with Gasteiger partial charge in [0.1, 0.15) is 12.0 Å². The van der Waals surface area contributed by atoms with Crippen molar-refractivity contribution < 1.29 is 14.3 Å². The molecule has 0 radical (unpaired) electrons. The van der Waals surface area contributed by atoms with Crippen LogP contribution in [0.3, 0.4) is 0 Å². The lowest BCUT2D eigenvalue weighted by Crippen LogP contribution is -2.00. The Morgan fingerprint density at radius 2 is 2.50 bits per heavy atom. The summed E-state index contributed by atoms with van der Waals surface area (Å²) in [5, 5.41) is 8.90. The Bertz CT molecular complexity index is 385. The summed E-state index contributed by atoms with van der Waals surface area (Å²) in [6, 6.07) is 1.22. The van der Waals surface area contributed by atoms with E-state index in [0.717, 1.165) is 6.26 Å². The maximum Gasteiger partial charge on any atom is 0.226 e. The summed E-state index contributed by atoms with van der Waals surface area (Å²) < 4.78 is 10.1. The van der Waals surface area contributed by atoms with E-state index in [1.165, 1.54) is 24.9 Å². The molecule has 1 rings (SSSR count). The molecule has 0 saturated heterocycles. The Kier molecular flexibility index (Phi) is 3.97. The molecule has 6 heteroatoms. The topological polar surface area (TPSA) is 59.7 Å². The Morgan fingerprint density at radius 3 is 3.07 bits per heavy atom. The van der Waals surface area contributed by atoms with Crippen molar-refractivity contribution in [2.45, 2.75) is 5.75 Å². The second kappa shape index (κ2) is 5.02. The molecule has 0 spiro atoms. The average molecular weight is 232 g/mol. The van der Waals surface area contributed by atoms with Gasteiger partial charge in [0.05, 0.1) is 12.9 Å². The van der Waals surface area contributed by atoms with E-state index >= 15 is 0 Å². The Hall–Kier alpha value is -1.01. The maximum atomic E-state index is 11.0. The molecule has 0 aliphatic carbocycles. The van der Waals surface area contributed by atoms with Crippen LogP contribution >= 0.6 is 24.0 Å². The minimum absolute atomic E-state index is 0.376. The second-order valence-electron chi connectivity index (χ2n) is 2.34. The van der Waals surface area contributed by atoms with Gasteiger partial charge >= 0.3 is 0 Å². The number of hydrogen-bond acceptors (Lipinski definition) is 6.